The lowest BCUT2D eigenvalue weighted by molar-refractivity contribution is -0.120. The zero-order valence-electron chi connectivity index (χ0n) is 17.5. The third-order valence-corrected chi connectivity index (χ3v) is 7.13. The fourth-order valence-corrected chi connectivity index (χ4v) is 5.24. The summed E-state index contributed by atoms with van der Waals surface area (Å²) in [6.07, 6.45) is 1.47. The first-order chi connectivity index (χ1) is 14.9. The molecule has 1 aliphatic heterocycles. The van der Waals surface area contributed by atoms with Crippen molar-refractivity contribution in [1.82, 2.24) is 4.31 Å². The Morgan fingerprint density at radius 3 is 2.58 bits per heavy atom. The second-order valence-electron chi connectivity index (χ2n) is 7.24. The zero-order chi connectivity index (χ0) is 22.4. The fourth-order valence-electron chi connectivity index (χ4n) is 3.54. The monoisotopic (exact) mass is 443 g/mol. The first-order valence-corrected chi connectivity index (χ1v) is 11.3. The van der Waals surface area contributed by atoms with E-state index in [2.05, 4.69) is 11.4 Å². The molecule has 1 saturated heterocycles. The SMILES string of the molecule is COc1ccc(OC)c(S(=O)(=O)N2CCC[C@H](C(=O)Nc3ccc(CC#N)cc3)C2)c1. The van der Waals surface area contributed by atoms with Crippen molar-refractivity contribution < 1.29 is 22.7 Å². The molecule has 1 aliphatic rings. The van der Waals surface area contributed by atoms with Gasteiger partial charge < -0.3 is 14.8 Å². The van der Waals surface area contributed by atoms with Gasteiger partial charge in [0.1, 0.15) is 16.4 Å². The van der Waals surface area contributed by atoms with Gasteiger partial charge in [-0.05, 0) is 42.7 Å². The largest absolute Gasteiger partial charge is 0.497 e. The third-order valence-electron chi connectivity index (χ3n) is 5.25. The van der Waals surface area contributed by atoms with E-state index < -0.39 is 15.9 Å². The van der Waals surface area contributed by atoms with E-state index in [-0.39, 0.29) is 23.1 Å². The lowest BCUT2D eigenvalue weighted by Crippen LogP contribution is -2.43. The maximum atomic E-state index is 13.3. The van der Waals surface area contributed by atoms with Crippen molar-refractivity contribution in [2.45, 2.75) is 24.2 Å². The number of nitrogens with one attached hydrogen (secondary N) is 1. The number of piperidine rings is 1. The summed E-state index contributed by atoms with van der Waals surface area (Å²) < 4.78 is 38.3. The van der Waals surface area contributed by atoms with Gasteiger partial charge >= 0.3 is 0 Å². The minimum atomic E-state index is -3.87. The van der Waals surface area contributed by atoms with Gasteiger partial charge in [-0.3, -0.25) is 4.79 Å². The topological polar surface area (TPSA) is 109 Å². The highest BCUT2D eigenvalue weighted by Crippen LogP contribution is 2.32. The Labute approximate surface area is 182 Å². The second kappa shape index (κ2) is 9.81. The lowest BCUT2D eigenvalue weighted by atomic mass is 9.98. The molecule has 2 aromatic carbocycles. The molecule has 0 radical (unpaired) electrons. The van der Waals surface area contributed by atoms with Crippen LogP contribution in [0.15, 0.2) is 47.4 Å². The normalized spacial score (nSPS) is 16.9. The number of hydrogen-bond donors (Lipinski definition) is 1. The summed E-state index contributed by atoms with van der Waals surface area (Å²) in [7, 11) is -0.994. The van der Waals surface area contributed by atoms with Crippen LogP contribution in [-0.4, -0.2) is 45.9 Å². The van der Waals surface area contributed by atoms with Crippen LogP contribution in [0.4, 0.5) is 5.69 Å². The molecule has 0 saturated carbocycles. The number of nitrogens with zero attached hydrogens (tertiary/aromatic N) is 2. The first kappa shape index (κ1) is 22.6. The molecule has 31 heavy (non-hydrogen) atoms. The predicted molar refractivity (Wildman–Crippen MR) is 115 cm³/mol. The molecule has 1 atom stereocenters. The van der Waals surface area contributed by atoms with E-state index in [1.165, 1.54) is 24.6 Å². The van der Waals surface area contributed by atoms with E-state index in [1.807, 2.05) is 0 Å². The molecule has 8 nitrogen and oxygen atoms in total. The van der Waals surface area contributed by atoms with Crippen LogP contribution in [0.25, 0.3) is 0 Å². The highest BCUT2D eigenvalue weighted by atomic mass is 32.2. The maximum Gasteiger partial charge on any atom is 0.246 e. The Morgan fingerprint density at radius 1 is 1.19 bits per heavy atom. The molecule has 1 amide bonds. The molecular formula is C22H25N3O5S. The van der Waals surface area contributed by atoms with Crippen LogP contribution >= 0.6 is 0 Å². The number of methoxy groups -OCH3 is 2. The highest BCUT2D eigenvalue weighted by molar-refractivity contribution is 7.89. The Hall–Kier alpha value is -3.09. The van der Waals surface area contributed by atoms with Crippen LogP contribution in [-0.2, 0) is 21.2 Å². The molecule has 9 heteroatoms. The van der Waals surface area contributed by atoms with Crippen molar-refractivity contribution in [1.29, 1.82) is 5.26 Å². The molecule has 0 aromatic heterocycles. The quantitative estimate of drug-likeness (QED) is 0.705. The Kier molecular flexibility index (Phi) is 7.15. The molecular weight excluding hydrogens is 418 g/mol. The number of ether oxygens (including phenoxy) is 2. The van der Waals surface area contributed by atoms with Gasteiger partial charge in [-0.15, -0.1) is 0 Å². The van der Waals surface area contributed by atoms with Gasteiger partial charge in [-0.1, -0.05) is 12.1 Å². The third kappa shape index (κ3) is 5.16. The molecule has 0 unspecified atom stereocenters. The van der Waals surface area contributed by atoms with E-state index in [4.69, 9.17) is 14.7 Å². The molecule has 1 fully saturated rings. The van der Waals surface area contributed by atoms with Crippen LogP contribution in [0.1, 0.15) is 18.4 Å². The average molecular weight is 444 g/mol. The van der Waals surface area contributed by atoms with Crippen LogP contribution < -0.4 is 14.8 Å². The van der Waals surface area contributed by atoms with E-state index in [1.54, 1.807) is 36.4 Å². The van der Waals surface area contributed by atoms with Crippen molar-refractivity contribution >= 4 is 21.6 Å². The van der Waals surface area contributed by atoms with Gasteiger partial charge in [0.25, 0.3) is 0 Å². The summed E-state index contributed by atoms with van der Waals surface area (Å²) in [5.74, 6) is -0.0696. The number of sulfonamides is 1. The average Bonchev–Trinajstić information content (AvgIpc) is 2.80. The number of hydrogen-bond acceptors (Lipinski definition) is 6. The van der Waals surface area contributed by atoms with Crippen molar-refractivity contribution in [3.05, 3.63) is 48.0 Å². The fraction of sp³-hybridized carbons (Fsp3) is 0.364. The number of carbonyl (C=O) groups excluding carboxylic acids is 1. The van der Waals surface area contributed by atoms with Crippen molar-refractivity contribution in [2.24, 2.45) is 5.92 Å². The molecule has 3 rings (SSSR count). The van der Waals surface area contributed by atoms with Crippen molar-refractivity contribution in [3.8, 4) is 17.6 Å². The number of carbonyl (C=O) groups is 1. The van der Waals surface area contributed by atoms with Gasteiger partial charge in [0.2, 0.25) is 15.9 Å². The van der Waals surface area contributed by atoms with Gasteiger partial charge in [0.05, 0.1) is 32.6 Å². The van der Waals surface area contributed by atoms with Gasteiger partial charge in [0.15, 0.2) is 0 Å². The summed E-state index contributed by atoms with van der Waals surface area (Å²) in [5.41, 5.74) is 1.48. The molecule has 164 valence electrons. The van der Waals surface area contributed by atoms with Crippen LogP contribution in [0.5, 0.6) is 11.5 Å². The zero-order valence-corrected chi connectivity index (χ0v) is 18.3. The summed E-state index contributed by atoms with van der Waals surface area (Å²) in [4.78, 5) is 12.8. The van der Waals surface area contributed by atoms with Crippen molar-refractivity contribution in [3.63, 3.8) is 0 Å². The molecule has 0 aliphatic carbocycles. The van der Waals surface area contributed by atoms with Crippen molar-refractivity contribution in [2.75, 3.05) is 32.6 Å². The first-order valence-electron chi connectivity index (χ1n) is 9.88. The number of benzene rings is 2. The van der Waals surface area contributed by atoms with Crippen LogP contribution in [0.3, 0.4) is 0 Å². The minimum Gasteiger partial charge on any atom is -0.497 e. The molecule has 1 heterocycles. The Bertz CT molecular complexity index is 1080. The number of anilines is 1. The van der Waals surface area contributed by atoms with Crippen LogP contribution in [0.2, 0.25) is 0 Å². The standard InChI is InChI=1S/C22H25N3O5S/c1-29-19-9-10-20(30-2)21(14-19)31(27,28)25-13-3-4-17(15-25)22(26)24-18-7-5-16(6-8-18)11-12-23/h5-10,14,17H,3-4,11,13,15H2,1-2H3,(H,24,26)/t17-/m0/s1. The van der Waals surface area contributed by atoms with Crippen LogP contribution in [0, 0.1) is 17.2 Å². The van der Waals surface area contributed by atoms with Gasteiger partial charge in [0, 0.05) is 24.8 Å². The molecule has 1 N–H and O–H groups in total. The molecule has 0 bridgehead atoms. The summed E-state index contributed by atoms with van der Waals surface area (Å²) in [5, 5.41) is 11.6. The smallest absolute Gasteiger partial charge is 0.246 e. The number of nitriles is 1. The van der Waals surface area contributed by atoms with E-state index >= 15 is 0 Å². The summed E-state index contributed by atoms with van der Waals surface area (Å²) >= 11 is 0. The minimum absolute atomic E-state index is 0.0171. The Balaban J connectivity index is 1.75. The van der Waals surface area contributed by atoms with E-state index in [0.717, 1.165) is 5.56 Å². The maximum absolute atomic E-state index is 13.3. The number of rotatable bonds is 7. The molecule has 0 spiro atoms. The molecule has 2 aromatic rings. The summed E-state index contributed by atoms with van der Waals surface area (Å²) in [6.45, 7) is 0.413. The van der Waals surface area contributed by atoms with Gasteiger partial charge in [-0.2, -0.15) is 9.57 Å². The Morgan fingerprint density at radius 2 is 1.94 bits per heavy atom. The summed E-state index contributed by atoms with van der Waals surface area (Å²) in [6, 6.07) is 13.7. The van der Waals surface area contributed by atoms with E-state index in [0.29, 0.717) is 37.2 Å². The van der Waals surface area contributed by atoms with E-state index in [9.17, 15) is 13.2 Å². The highest BCUT2D eigenvalue weighted by Gasteiger charge is 2.35. The lowest BCUT2D eigenvalue weighted by Gasteiger charge is -2.31. The predicted octanol–water partition coefficient (Wildman–Crippen LogP) is 2.81. The number of amides is 1. The second-order valence-corrected chi connectivity index (χ2v) is 9.15. The van der Waals surface area contributed by atoms with Gasteiger partial charge in [-0.25, -0.2) is 8.42 Å².